The highest BCUT2D eigenvalue weighted by atomic mass is 35.5. The second-order valence-corrected chi connectivity index (χ2v) is 4.84. The average Bonchev–Trinajstić information content (AvgIpc) is 2.54. The maximum atomic E-state index is 11.8. The molecule has 0 radical (unpaired) electrons. The van der Waals surface area contributed by atoms with Crippen LogP contribution in [0.1, 0.15) is 15.9 Å². The van der Waals surface area contributed by atoms with E-state index in [1.165, 1.54) is 12.3 Å². The summed E-state index contributed by atoms with van der Waals surface area (Å²) >= 11 is 5.98. The molecule has 118 valence electrons. The van der Waals surface area contributed by atoms with Crippen LogP contribution >= 0.6 is 11.6 Å². The van der Waals surface area contributed by atoms with Crippen molar-refractivity contribution in [3.05, 3.63) is 64.7 Å². The van der Waals surface area contributed by atoms with Gasteiger partial charge in [-0.05, 0) is 35.9 Å². The zero-order chi connectivity index (χ0) is 16.7. The number of carboxylic acids is 1. The Kier molecular flexibility index (Phi) is 5.71. The van der Waals surface area contributed by atoms with E-state index >= 15 is 0 Å². The van der Waals surface area contributed by atoms with Crippen LogP contribution in [-0.2, 0) is 4.79 Å². The lowest BCUT2D eigenvalue weighted by molar-refractivity contribution is -0.139. The molecule has 0 aliphatic rings. The molecule has 0 aliphatic heterocycles. The molecule has 0 fully saturated rings. The first-order chi connectivity index (χ1) is 11.1. The number of hydrazone groups is 1. The second kappa shape index (κ2) is 7.95. The average molecular weight is 333 g/mol. The van der Waals surface area contributed by atoms with Crippen molar-refractivity contribution in [1.82, 2.24) is 5.43 Å². The fourth-order valence-electron chi connectivity index (χ4n) is 1.67. The number of aliphatic carboxylic acids is 1. The fraction of sp³-hybridized carbons (Fsp3) is 0.0625. The molecule has 2 rings (SSSR count). The number of amides is 1. The molecule has 2 aromatic rings. The highest BCUT2D eigenvalue weighted by Gasteiger charge is 2.05. The van der Waals surface area contributed by atoms with Crippen molar-refractivity contribution in [1.29, 1.82) is 0 Å². The molecule has 23 heavy (non-hydrogen) atoms. The van der Waals surface area contributed by atoms with Gasteiger partial charge in [0.2, 0.25) is 0 Å². The first-order valence-electron chi connectivity index (χ1n) is 6.59. The number of halogens is 1. The molecule has 7 heteroatoms. The summed E-state index contributed by atoms with van der Waals surface area (Å²) in [6.45, 7) is -0.472. The Hall–Kier alpha value is -2.86. The van der Waals surface area contributed by atoms with E-state index in [4.69, 9.17) is 21.4 Å². The molecule has 0 saturated heterocycles. The number of carboxylic acid groups (broad SMARTS) is 1. The van der Waals surface area contributed by atoms with Gasteiger partial charge in [-0.2, -0.15) is 5.10 Å². The third kappa shape index (κ3) is 5.12. The third-order valence-electron chi connectivity index (χ3n) is 2.72. The summed E-state index contributed by atoms with van der Waals surface area (Å²) in [7, 11) is 0. The molecule has 0 saturated carbocycles. The Bertz CT molecular complexity index is 732. The Balaban J connectivity index is 1.96. The van der Waals surface area contributed by atoms with Gasteiger partial charge in [0.15, 0.2) is 6.61 Å². The van der Waals surface area contributed by atoms with Crippen LogP contribution in [0, 0.1) is 0 Å². The number of carbonyl (C=O) groups is 2. The van der Waals surface area contributed by atoms with Gasteiger partial charge in [0, 0.05) is 5.56 Å². The van der Waals surface area contributed by atoms with E-state index in [1.54, 1.807) is 36.4 Å². The molecule has 6 nitrogen and oxygen atoms in total. The number of carbonyl (C=O) groups excluding carboxylic acids is 1. The highest BCUT2D eigenvalue weighted by molar-refractivity contribution is 6.32. The van der Waals surface area contributed by atoms with Gasteiger partial charge in [0.05, 0.1) is 11.2 Å². The first-order valence-corrected chi connectivity index (χ1v) is 6.96. The van der Waals surface area contributed by atoms with E-state index in [0.717, 1.165) is 0 Å². The molecule has 0 spiro atoms. The largest absolute Gasteiger partial charge is 0.480 e. The SMILES string of the molecule is O=C(O)COc1ccc(C=NNC(=O)c2ccccc2)cc1Cl. The summed E-state index contributed by atoms with van der Waals surface area (Å²) in [4.78, 5) is 22.2. The van der Waals surface area contributed by atoms with E-state index in [-0.39, 0.29) is 16.7 Å². The molecule has 0 aromatic heterocycles. The minimum atomic E-state index is -1.09. The number of ether oxygens (including phenoxy) is 1. The van der Waals surface area contributed by atoms with Gasteiger partial charge in [-0.1, -0.05) is 29.8 Å². The number of nitrogens with one attached hydrogen (secondary N) is 1. The Labute approximate surface area is 137 Å². The Morgan fingerprint density at radius 2 is 1.96 bits per heavy atom. The molecule has 0 atom stereocenters. The van der Waals surface area contributed by atoms with E-state index in [1.807, 2.05) is 6.07 Å². The lowest BCUT2D eigenvalue weighted by Gasteiger charge is -2.05. The minimum Gasteiger partial charge on any atom is -0.480 e. The van der Waals surface area contributed by atoms with Gasteiger partial charge < -0.3 is 9.84 Å². The monoisotopic (exact) mass is 332 g/mol. The molecule has 0 unspecified atom stereocenters. The number of hydrogen-bond acceptors (Lipinski definition) is 4. The standard InChI is InChI=1S/C16H13ClN2O4/c17-13-8-11(6-7-14(13)23-10-15(20)21)9-18-19-16(22)12-4-2-1-3-5-12/h1-9H,10H2,(H,19,22)(H,20,21). The van der Waals surface area contributed by atoms with Crippen molar-refractivity contribution in [2.75, 3.05) is 6.61 Å². The van der Waals surface area contributed by atoms with Crippen LogP contribution in [0.3, 0.4) is 0 Å². The van der Waals surface area contributed by atoms with Crippen molar-refractivity contribution in [3.63, 3.8) is 0 Å². The van der Waals surface area contributed by atoms with Crippen LogP contribution in [0.4, 0.5) is 0 Å². The normalized spacial score (nSPS) is 10.5. The molecule has 0 aliphatic carbocycles. The van der Waals surface area contributed by atoms with Crippen molar-refractivity contribution >= 4 is 29.7 Å². The van der Waals surface area contributed by atoms with Crippen LogP contribution < -0.4 is 10.2 Å². The van der Waals surface area contributed by atoms with Crippen molar-refractivity contribution in [3.8, 4) is 5.75 Å². The topological polar surface area (TPSA) is 88.0 Å². The van der Waals surface area contributed by atoms with Crippen LogP contribution in [0.2, 0.25) is 5.02 Å². The van der Waals surface area contributed by atoms with Gasteiger partial charge in [-0.25, -0.2) is 10.2 Å². The van der Waals surface area contributed by atoms with Gasteiger partial charge in [0.25, 0.3) is 5.91 Å². The summed E-state index contributed by atoms with van der Waals surface area (Å²) in [5.41, 5.74) is 3.53. The Morgan fingerprint density at radius 1 is 1.22 bits per heavy atom. The predicted octanol–water partition coefficient (Wildman–Crippen LogP) is 2.57. The quantitative estimate of drug-likeness (QED) is 0.628. The summed E-state index contributed by atoms with van der Waals surface area (Å²) < 4.78 is 5.01. The summed E-state index contributed by atoms with van der Waals surface area (Å²) in [5.74, 6) is -1.15. The number of rotatable bonds is 6. The maximum Gasteiger partial charge on any atom is 0.341 e. The maximum absolute atomic E-state index is 11.8. The summed E-state index contributed by atoms with van der Waals surface area (Å²) in [6.07, 6.45) is 1.42. The van der Waals surface area contributed by atoms with Crippen molar-refractivity contribution < 1.29 is 19.4 Å². The van der Waals surface area contributed by atoms with Crippen LogP contribution in [0.25, 0.3) is 0 Å². The van der Waals surface area contributed by atoms with Crippen LogP contribution in [0.5, 0.6) is 5.75 Å². The lowest BCUT2D eigenvalue weighted by atomic mass is 10.2. The Morgan fingerprint density at radius 3 is 2.61 bits per heavy atom. The van der Waals surface area contributed by atoms with Gasteiger partial charge in [-0.15, -0.1) is 0 Å². The number of nitrogens with zero attached hydrogens (tertiary/aromatic N) is 1. The van der Waals surface area contributed by atoms with Crippen molar-refractivity contribution in [2.24, 2.45) is 5.10 Å². The van der Waals surface area contributed by atoms with Gasteiger partial charge in [-0.3, -0.25) is 4.79 Å². The highest BCUT2D eigenvalue weighted by Crippen LogP contribution is 2.24. The fourth-order valence-corrected chi connectivity index (χ4v) is 1.92. The minimum absolute atomic E-state index is 0.254. The van der Waals surface area contributed by atoms with Gasteiger partial charge in [0.1, 0.15) is 5.75 Å². The zero-order valence-electron chi connectivity index (χ0n) is 11.9. The number of hydrogen-bond donors (Lipinski definition) is 2. The molecule has 2 N–H and O–H groups in total. The predicted molar refractivity (Wildman–Crippen MR) is 86.1 cm³/mol. The van der Waals surface area contributed by atoms with Crippen molar-refractivity contribution in [2.45, 2.75) is 0 Å². The summed E-state index contributed by atoms with van der Waals surface area (Å²) in [5, 5.41) is 12.7. The molecule has 0 bridgehead atoms. The van der Waals surface area contributed by atoms with E-state index < -0.39 is 12.6 Å². The van der Waals surface area contributed by atoms with E-state index in [9.17, 15) is 9.59 Å². The van der Waals surface area contributed by atoms with E-state index in [0.29, 0.717) is 11.1 Å². The molecular formula is C16H13ClN2O4. The lowest BCUT2D eigenvalue weighted by Crippen LogP contribution is -2.17. The zero-order valence-corrected chi connectivity index (χ0v) is 12.7. The van der Waals surface area contributed by atoms with E-state index in [2.05, 4.69) is 10.5 Å². The molecule has 2 aromatic carbocycles. The molecule has 0 heterocycles. The van der Waals surface area contributed by atoms with Crippen LogP contribution in [-0.4, -0.2) is 29.8 Å². The summed E-state index contributed by atoms with van der Waals surface area (Å²) in [6, 6.07) is 13.4. The third-order valence-corrected chi connectivity index (χ3v) is 3.02. The number of benzene rings is 2. The first kappa shape index (κ1) is 16.5. The molecule has 1 amide bonds. The molecular weight excluding hydrogens is 320 g/mol. The second-order valence-electron chi connectivity index (χ2n) is 4.44. The smallest absolute Gasteiger partial charge is 0.341 e. The van der Waals surface area contributed by atoms with Gasteiger partial charge >= 0.3 is 5.97 Å². The van der Waals surface area contributed by atoms with Crippen LogP contribution in [0.15, 0.2) is 53.6 Å².